The summed E-state index contributed by atoms with van der Waals surface area (Å²) in [7, 11) is 0. The summed E-state index contributed by atoms with van der Waals surface area (Å²) in [5, 5.41) is 5.72. The molecular formula is C20H15BrN2O4S. The van der Waals surface area contributed by atoms with Gasteiger partial charge in [-0.3, -0.25) is 10.1 Å². The van der Waals surface area contributed by atoms with Crippen molar-refractivity contribution < 1.29 is 18.7 Å². The fourth-order valence-corrected chi connectivity index (χ4v) is 3.15. The molecule has 1 aromatic heterocycles. The molecule has 4 rings (SSSR count). The molecule has 0 spiro atoms. The number of carbonyl (C=O) groups excluding carboxylic acids is 1. The molecule has 2 N–H and O–H groups in total. The van der Waals surface area contributed by atoms with E-state index in [9.17, 15) is 4.79 Å². The van der Waals surface area contributed by atoms with Crippen molar-refractivity contribution in [2.75, 3.05) is 18.5 Å². The number of hydrogen-bond donors (Lipinski definition) is 2. The highest BCUT2D eigenvalue weighted by atomic mass is 79.9. The van der Waals surface area contributed by atoms with Crippen molar-refractivity contribution in [1.29, 1.82) is 0 Å². The van der Waals surface area contributed by atoms with E-state index in [-0.39, 0.29) is 10.9 Å². The molecule has 1 amide bonds. The van der Waals surface area contributed by atoms with E-state index in [4.69, 9.17) is 26.1 Å². The highest BCUT2D eigenvalue weighted by Crippen LogP contribution is 2.32. The molecule has 0 fully saturated rings. The summed E-state index contributed by atoms with van der Waals surface area (Å²) >= 11 is 8.61. The van der Waals surface area contributed by atoms with E-state index >= 15 is 0 Å². The second-order valence-corrected chi connectivity index (χ2v) is 7.26. The molecule has 2 heterocycles. The van der Waals surface area contributed by atoms with Gasteiger partial charge in [-0.05, 0) is 48.6 Å². The van der Waals surface area contributed by atoms with Gasteiger partial charge in [-0.25, -0.2) is 0 Å². The summed E-state index contributed by atoms with van der Waals surface area (Å²) in [5.41, 5.74) is 1.56. The van der Waals surface area contributed by atoms with Crippen molar-refractivity contribution in [2.24, 2.45) is 0 Å². The van der Waals surface area contributed by atoms with Crippen LogP contribution in [-0.2, 0) is 0 Å². The van der Waals surface area contributed by atoms with Gasteiger partial charge in [0, 0.05) is 21.8 Å². The molecule has 6 nitrogen and oxygen atoms in total. The number of amides is 1. The van der Waals surface area contributed by atoms with Crippen LogP contribution in [0.25, 0.3) is 11.3 Å². The van der Waals surface area contributed by atoms with Gasteiger partial charge in [0.15, 0.2) is 22.4 Å². The third kappa shape index (κ3) is 4.18. The summed E-state index contributed by atoms with van der Waals surface area (Å²) in [6.45, 7) is 1.02. The van der Waals surface area contributed by atoms with E-state index in [1.165, 1.54) is 0 Å². The molecule has 0 bridgehead atoms. The van der Waals surface area contributed by atoms with Crippen LogP contribution in [0.1, 0.15) is 10.6 Å². The molecular weight excluding hydrogens is 444 g/mol. The van der Waals surface area contributed by atoms with Gasteiger partial charge in [-0.1, -0.05) is 28.1 Å². The molecule has 0 saturated carbocycles. The maximum atomic E-state index is 12.4. The Balaban J connectivity index is 1.39. The van der Waals surface area contributed by atoms with E-state index in [2.05, 4.69) is 26.6 Å². The number of halogens is 1. The average Bonchev–Trinajstić information content (AvgIpc) is 3.19. The first kappa shape index (κ1) is 18.5. The van der Waals surface area contributed by atoms with E-state index < -0.39 is 5.91 Å². The van der Waals surface area contributed by atoms with Crippen LogP contribution in [0.15, 0.2) is 63.5 Å². The Morgan fingerprint density at radius 1 is 0.964 bits per heavy atom. The first-order chi connectivity index (χ1) is 13.6. The minimum atomic E-state index is -0.432. The SMILES string of the molecule is O=C(NC(=S)Nc1ccc2c(c1)OCCO2)c1ccc(-c2ccc(Br)cc2)o1. The standard InChI is InChI=1S/C20H15BrN2O4S/c21-13-3-1-12(2-4-13)15-7-8-17(27-15)19(24)23-20(28)22-14-5-6-16-18(11-14)26-10-9-25-16/h1-8,11H,9-10H2,(H2,22,23,24,28). The maximum Gasteiger partial charge on any atom is 0.293 e. The quantitative estimate of drug-likeness (QED) is 0.558. The second-order valence-electron chi connectivity index (χ2n) is 5.94. The van der Waals surface area contributed by atoms with Gasteiger partial charge < -0.3 is 19.2 Å². The smallest absolute Gasteiger partial charge is 0.293 e. The van der Waals surface area contributed by atoms with Crippen LogP contribution in [0.2, 0.25) is 0 Å². The van der Waals surface area contributed by atoms with Crippen LogP contribution in [0.3, 0.4) is 0 Å². The zero-order valence-corrected chi connectivity index (χ0v) is 16.9. The Hall–Kier alpha value is -2.84. The van der Waals surface area contributed by atoms with Gasteiger partial charge in [-0.15, -0.1) is 0 Å². The molecule has 0 radical (unpaired) electrons. The molecule has 8 heteroatoms. The fourth-order valence-electron chi connectivity index (χ4n) is 2.68. The van der Waals surface area contributed by atoms with Crippen molar-refractivity contribution in [3.63, 3.8) is 0 Å². The highest BCUT2D eigenvalue weighted by molar-refractivity contribution is 9.10. The number of thiocarbonyl (C=S) groups is 1. The number of rotatable bonds is 3. The highest BCUT2D eigenvalue weighted by Gasteiger charge is 2.15. The van der Waals surface area contributed by atoms with Crippen molar-refractivity contribution in [1.82, 2.24) is 5.32 Å². The summed E-state index contributed by atoms with van der Waals surface area (Å²) in [6.07, 6.45) is 0. The normalized spacial score (nSPS) is 12.3. The zero-order chi connectivity index (χ0) is 19.5. The zero-order valence-electron chi connectivity index (χ0n) is 14.5. The lowest BCUT2D eigenvalue weighted by Crippen LogP contribution is -2.33. The first-order valence-corrected chi connectivity index (χ1v) is 9.66. The Morgan fingerprint density at radius 3 is 2.50 bits per heavy atom. The number of ether oxygens (including phenoxy) is 2. The summed E-state index contributed by atoms with van der Waals surface area (Å²) in [6, 6.07) is 16.3. The summed E-state index contributed by atoms with van der Waals surface area (Å²) in [4.78, 5) is 12.4. The summed E-state index contributed by atoms with van der Waals surface area (Å²) < 4.78 is 17.6. The molecule has 1 aliphatic heterocycles. The molecule has 0 saturated heterocycles. The lowest BCUT2D eigenvalue weighted by atomic mass is 10.2. The minimum absolute atomic E-state index is 0.156. The van der Waals surface area contributed by atoms with Crippen molar-refractivity contribution in [2.45, 2.75) is 0 Å². The minimum Gasteiger partial charge on any atom is -0.486 e. The van der Waals surface area contributed by atoms with Gasteiger partial charge in [0.2, 0.25) is 0 Å². The third-order valence-electron chi connectivity index (χ3n) is 3.99. The van der Waals surface area contributed by atoms with Crippen molar-refractivity contribution in [3.05, 3.63) is 64.8 Å². The van der Waals surface area contributed by atoms with Crippen molar-refractivity contribution >= 4 is 44.9 Å². The van der Waals surface area contributed by atoms with Crippen LogP contribution in [0.5, 0.6) is 11.5 Å². The van der Waals surface area contributed by atoms with Crippen LogP contribution < -0.4 is 20.1 Å². The van der Waals surface area contributed by atoms with Gasteiger partial charge >= 0.3 is 0 Å². The number of hydrogen-bond acceptors (Lipinski definition) is 5. The predicted octanol–water partition coefficient (Wildman–Crippen LogP) is 4.61. The van der Waals surface area contributed by atoms with E-state index in [0.717, 1.165) is 10.0 Å². The third-order valence-corrected chi connectivity index (χ3v) is 4.72. The molecule has 142 valence electrons. The number of nitrogens with one attached hydrogen (secondary N) is 2. The Labute approximate surface area is 175 Å². The number of carbonyl (C=O) groups is 1. The van der Waals surface area contributed by atoms with E-state index in [1.54, 1.807) is 30.3 Å². The van der Waals surface area contributed by atoms with Crippen LogP contribution in [0.4, 0.5) is 5.69 Å². The lowest BCUT2D eigenvalue weighted by molar-refractivity contribution is 0.0951. The maximum absolute atomic E-state index is 12.4. The largest absolute Gasteiger partial charge is 0.486 e. The number of benzene rings is 2. The molecule has 0 aliphatic carbocycles. The number of anilines is 1. The average molecular weight is 459 g/mol. The first-order valence-electron chi connectivity index (χ1n) is 8.46. The topological polar surface area (TPSA) is 72.7 Å². The fraction of sp³-hybridized carbons (Fsp3) is 0.100. The van der Waals surface area contributed by atoms with Gasteiger partial charge in [-0.2, -0.15) is 0 Å². The van der Waals surface area contributed by atoms with Crippen LogP contribution in [-0.4, -0.2) is 24.2 Å². The second kappa shape index (κ2) is 8.04. The predicted molar refractivity (Wildman–Crippen MR) is 113 cm³/mol. The molecule has 0 atom stereocenters. The Morgan fingerprint density at radius 2 is 1.71 bits per heavy atom. The van der Waals surface area contributed by atoms with Crippen LogP contribution >= 0.6 is 28.1 Å². The molecule has 28 heavy (non-hydrogen) atoms. The van der Waals surface area contributed by atoms with Gasteiger partial charge in [0.05, 0.1) is 0 Å². The Kier molecular flexibility index (Phi) is 5.31. The van der Waals surface area contributed by atoms with Gasteiger partial charge in [0.25, 0.3) is 5.91 Å². The lowest BCUT2D eigenvalue weighted by Gasteiger charge is -2.19. The Bertz CT molecular complexity index is 1030. The molecule has 1 aliphatic rings. The molecule has 0 unspecified atom stereocenters. The van der Waals surface area contributed by atoms with E-state index in [0.29, 0.717) is 36.2 Å². The van der Waals surface area contributed by atoms with Gasteiger partial charge in [0.1, 0.15) is 19.0 Å². The number of furan rings is 1. The molecule has 2 aromatic carbocycles. The van der Waals surface area contributed by atoms with Crippen LogP contribution in [0, 0.1) is 0 Å². The van der Waals surface area contributed by atoms with E-state index in [1.807, 2.05) is 24.3 Å². The summed E-state index contributed by atoms with van der Waals surface area (Å²) in [5.74, 6) is 1.66. The molecule has 3 aromatic rings. The monoisotopic (exact) mass is 458 g/mol. The van der Waals surface area contributed by atoms with Crippen molar-refractivity contribution in [3.8, 4) is 22.8 Å². The number of fused-ring (bicyclic) bond motifs is 1.